The van der Waals surface area contributed by atoms with Gasteiger partial charge in [-0.3, -0.25) is 4.79 Å². The van der Waals surface area contributed by atoms with Gasteiger partial charge in [0.25, 0.3) is 0 Å². The fraction of sp³-hybridized carbons (Fsp3) is 0.167. The summed E-state index contributed by atoms with van der Waals surface area (Å²) in [7, 11) is 1.81. The van der Waals surface area contributed by atoms with E-state index in [-0.39, 0.29) is 24.0 Å². The molecule has 0 fully saturated rings. The number of nitrogens with zero attached hydrogens (tertiary/aromatic N) is 4. The number of benzene rings is 1. The SMILES string of the molecule is Cc1c(O)c2c(ncn2CC(=O)Nc2nc(-c3ccc(F)cc3)cs2)n1C. The molecule has 0 bridgehead atoms. The van der Waals surface area contributed by atoms with E-state index in [0.717, 1.165) is 5.56 Å². The van der Waals surface area contributed by atoms with Crippen molar-refractivity contribution in [3.8, 4) is 17.0 Å². The third-order valence-electron chi connectivity index (χ3n) is 4.41. The second kappa shape index (κ2) is 6.51. The highest BCUT2D eigenvalue weighted by Gasteiger charge is 2.18. The third kappa shape index (κ3) is 3.06. The molecule has 27 heavy (non-hydrogen) atoms. The van der Waals surface area contributed by atoms with Gasteiger partial charge in [0.05, 0.1) is 17.7 Å². The molecular weight excluding hydrogens is 369 g/mol. The van der Waals surface area contributed by atoms with Crippen LogP contribution in [0.5, 0.6) is 5.75 Å². The lowest BCUT2D eigenvalue weighted by molar-refractivity contribution is -0.116. The molecule has 0 radical (unpaired) electrons. The Labute approximate surface area is 157 Å². The lowest BCUT2D eigenvalue weighted by Crippen LogP contribution is -2.18. The molecule has 0 atom stereocenters. The molecule has 0 unspecified atom stereocenters. The van der Waals surface area contributed by atoms with Crippen LogP contribution in [0.15, 0.2) is 36.0 Å². The minimum absolute atomic E-state index is 0.00102. The number of hydrogen-bond acceptors (Lipinski definition) is 5. The number of halogens is 1. The fourth-order valence-corrected chi connectivity index (χ4v) is 3.60. The average Bonchev–Trinajstić information content (AvgIpc) is 3.32. The summed E-state index contributed by atoms with van der Waals surface area (Å²) in [5.41, 5.74) is 3.26. The molecule has 0 spiro atoms. The van der Waals surface area contributed by atoms with E-state index in [9.17, 15) is 14.3 Å². The largest absolute Gasteiger partial charge is 0.504 e. The Morgan fingerprint density at radius 3 is 2.81 bits per heavy atom. The lowest BCUT2D eigenvalue weighted by Gasteiger charge is -2.04. The Hall–Kier alpha value is -3.20. The van der Waals surface area contributed by atoms with Gasteiger partial charge in [-0.05, 0) is 31.2 Å². The van der Waals surface area contributed by atoms with Crippen molar-refractivity contribution in [1.82, 2.24) is 19.1 Å². The van der Waals surface area contributed by atoms with Gasteiger partial charge in [-0.25, -0.2) is 14.4 Å². The van der Waals surface area contributed by atoms with Gasteiger partial charge in [0.1, 0.15) is 17.9 Å². The number of aromatic hydroxyl groups is 1. The number of carbonyl (C=O) groups is 1. The van der Waals surface area contributed by atoms with Crippen molar-refractivity contribution in [3.63, 3.8) is 0 Å². The average molecular weight is 385 g/mol. The predicted molar refractivity (Wildman–Crippen MR) is 101 cm³/mol. The molecule has 4 rings (SSSR count). The van der Waals surface area contributed by atoms with Crippen molar-refractivity contribution in [3.05, 3.63) is 47.5 Å². The lowest BCUT2D eigenvalue weighted by atomic mass is 10.2. The normalized spacial score (nSPS) is 11.2. The van der Waals surface area contributed by atoms with Gasteiger partial charge in [-0.1, -0.05) is 0 Å². The summed E-state index contributed by atoms with van der Waals surface area (Å²) >= 11 is 1.29. The Morgan fingerprint density at radius 1 is 1.33 bits per heavy atom. The number of rotatable bonds is 4. The highest BCUT2D eigenvalue weighted by atomic mass is 32.1. The summed E-state index contributed by atoms with van der Waals surface area (Å²) < 4.78 is 16.4. The molecule has 9 heteroatoms. The van der Waals surface area contributed by atoms with E-state index in [0.29, 0.717) is 27.7 Å². The number of fused-ring (bicyclic) bond motifs is 1. The van der Waals surface area contributed by atoms with E-state index in [2.05, 4.69) is 15.3 Å². The Balaban J connectivity index is 1.51. The highest BCUT2D eigenvalue weighted by molar-refractivity contribution is 7.14. The number of anilines is 1. The highest BCUT2D eigenvalue weighted by Crippen LogP contribution is 2.30. The monoisotopic (exact) mass is 385 g/mol. The molecule has 0 aliphatic rings. The first-order valence-corrected chi connectivity index (χ1v) is 9.02. The van der Waals surface area contributed by atoms with Crippen LogP contribution in [0.3, 0.4) is 0 Å². The molecule has 4 aromatic rings. The van der Waals surface area contributed by atoms with Crippen molar-refractivity contribution >= 4 is 33.5 Å². The van der Waals surface area contributed by atoms with Crippen LogP contribution < -0.4 is 5.32 Å². The van der Waals surface area contributed by atoms with E-state index in [4.69, 9.17) is 0 Å². The zero-order valence-electron chi connectivity index (χ0n) is 14.6. The van der Waals surface area contributed by atoms with Crippen LogP contribution in [0, 0.1) is 12.7 Å². The molecule has 2 N–H and O–H groups in total. The number of carbonyl (C=O) groups excluding carboxylic acids is 1. The van der Waals surface area contributed by atoms with E-state index in [1.54, 1.807) is 40.6 Å². The molecule has 0 aliphatic heterocycles. The van der Waals surface area contributed by atoms with E-state index in [1.165, 1.54) is 29.8 Å². The summed E-state index contributed by atoms with van der Waals surface area (Å²) in [6.45, 7) is 1.78. The van der Waals surface area contributed by atoms with E-state index >= 15 is 0 Å². The summed E-state index contributed by atoms with van der Waals surface area (Å²) in [6, 6.07) is 6.01. The van der Waals surface area contributed by atoms with Gasteiger partial charge in [0.15, 0.2) is 16.5 Å². The minimum Gasteiger partial charge on any atom is -0.504 e. The number of aryl methyl sites for hydroxylation is 1. The van der Waals surface area contributed by atoms with Crippen molar-refractivity contribution in [1.29, 1.82) is 0 Å². The second-order valence-corrected chi connectivity index (χ2v) is 6.99. The molecule has 138 valence electrons. The standard InChI is InChI=1S/C18H16FN5O2S/c1-10-16(26)15-17(23(10)2)20-9-24(15)7-14(25)22-18-21-13(8-27-18)11-3-5-12(19)6-4-11/h3-6,8-9,26H,7H2,1-2H3,(H,21,22,25). The van der Waals surface area contributed by atoms with Crippen molar-refractivity contribution in [2.75, 3.05) is 5.32 Å². The number of thiazole rings is 1. The van der Waals surface area contributed by atoms with Gasteiger partial charge in [-0.15, -0.1) is 11.3 Å². The first kappa shape index (κ1) is 17.2. The summed E-state index contributed by atoms with van der Waals surface area (Å²) in [5, 5.41) is 15.2. The maximum absolute atomic E-state index is 13.0. The first-order chi connectivity index (χ1) is 12.9. The van der Waals surface area contributed by atoms with E-state index in [1.807, 2.05) is 0 Å². The van der Waals surface area contributed by atoms with Gasteiger partial charge in [0, 0.05) is 18.0 Å². The number of aromatic nitrogens is 4. The van der Waals surface area contributed by atoms with E-state index < -0.39 is 0 Å². The maximum atomic E-state index is 13.0. The van der Waals surface area contributed by atoms with Crippen LogP contribution in [-0.2, 0) is 18.4 Å². The summed E-state index contributed by atoms with van der Waals surface area (Å²) in [6.07, 6.45) is 1.52. The van der Waals surface area contributed by atoms with Gasteiger partial charge < -0.3 is 19.6 Å². The fourth-order valence-electron chi connectivity index (χ4n) is 2.87. The van der Waals surface area contributed by atoms with Crippen molar-refractivity contribution in [2.24, 2.45) is 7.05 Å². The third-order valence-corrected chi connectivity index (χ3v) is 5.17. The van der Waals surface area contributed by atoms with Crippen LogP contribution in [0.4, 0.5) is 9.52 Å². The minimum atomic E-state index is -0.312. The van der Waals surface area contributed by atoms with Gasteiger partial charge in [0.2, 0.25) is 5.91 Å². The molecule has 7 nitrogen and oxygen atoms in total. The van der Waals surface area contributed by atoms with Crippen LogP contribution in [0.2, 0.25) is 0 Å². The molecule has 3 aromatic heterocycles. The number of hydrogen-bond donors (Lipinski definition) is 2. The first-order valence-electron chi connectivity index (χ1n) is 8.14. The van der Waals surface area contributed by atoms with Crippen molar-refractivity contribution in [2.45, 2.75) is 13.5 Å². The Bertz CT molecular complexity index is 1140. The van der Waals surface area contributed by atoms with Crippen LogP contribution in [0.1, 0.15) is 5.69 Å². The zero-order valence-corrected chi connectivity index (χ0v) is 15.4. The Kier molecular flexibility index (Phi) is 4.15. The number of nitrogens with one attached hydrogen (secondary N) is 1. The van der Waals surface area contributed by atoms with Crippen LogP contribution in [0.25, 0.3) is 22.4 Å². The smallest absolute Gasteiger partial charge is 0.246 e. The molecular formula is C18H16FN5O2S. The maximum Gasteiger partial charge on any atom is 0.246 e. The number of amides is 1. The molecule has 1 aromatic carbocycles. The molecule has 0 aliphatic carbocycles. The quantitative estimate of drug-likeness (QED) is 0.565. The topological polar surface area (TPSA) is 85.0 Å². The zero-order chi connectivity index (χ0) is 19.1. The summed E-state index contributed by atoms with van der Waals surface area (Å²) in [4.78, 5) is 21.0. The molecule has 1 amide bonds. The molecule has 0 saturated carbocycles. The van der Waals surface area contributed by atoms with Crippen molar-refractivity contribution < 1.29 is 14.3 Å². The predicted octanol–water partition coefficient (Wildman–Crippen LogP) is 3.29. The van der Waals surface area contributed by atoms with Crippen LogP contribution in [-0.4, -0.2) is 30.1 Å². The van der Waals surface area contributed by atoms with Gasteiger partial charge in [-0.2, -0.15) is 0 Å². The molecule has 0 saturated heterocycles. The second-order valence-electron chi connectivity index (χ2n) is 6.13. The Morgan fingerprint density at radius 2 is 2.07 bits per heavy atom. The molecule has 3 heterocycles. The number of imidazole rings is 1. The summed E-state index contributed by atoms with van der Waals surface area (Å²) in [5.74, 6) is -0.477. The van der Waals surface area contributed by atoms with Gasteiger partial charge >= 0.3 is 0 Å². The van der Waals surface area contributed by atoms with Crippen LogP contribution >= 0.6 is 11.3 Å².